The second kappa shape index (κ2) is 11.9. The molecule has 0 atom stereocenters. The van der Waals surface area contributed by atoms with Crippen LogP contribution in [0.3, 0.4) is 0 Å². The average molecular weight is 593 g/mol. The van der Waals surface area contributed by atoms with Crippen molar-refractivity contribution in [1.82, 2.24) is 39.3 Å². The number of nitrogens with two attached hydrogens (primary N) is 1. The third-order valence-corrected chi connectivity index (χ3v) is 7.89. The number of nitrogen functional groups attached to an aromatic ring is 1. The molecule has 220 valence electrons. The van der Waals surface area contributed by atoms with E-state index < -0.39 is 0 Å². The first kappa shape index (κ1) is 27.8. The van der Waals surface area contributed by atoms with Gasteiger partial charge in [-0.3, -0.25) is 14.3 Å². The molecular formula is C34H28N10O. The van der Waals surface area contributed by atoms with Gasteiger partial charge in [0.05, 0.1) is 11.3 Å². The molecule has 1 aliphatic rings. The second-order valence-corrected chi connectivity index (χ2v) is 10.7. The number of fused-ring (bicyclic) bond motifs is 1. The maximum atomic E-state index is 12.9. The van der Waals surface area contributed by atoms with E-state index in [2.05, 4.69) is 44.1 Å². The molecule has 11 nitrogen and oxygen atoms in total. The van der Waals surface area contributed by atoms with Crippen LogP contribution in [0.25, 0.3) is 39.5 Å². The Hall–Kier alpha value is -5.99. The molecule has 1 saturated heterocycles. The first-order valence-corrected chi connectivity index (χ1v) is 14.6. The Kier molecular flexibility index (Phi) is 7.39. The van der Waals surface area contributed by atoms with Crippen LogP contribution in [0.5, 0.6) is 0 Å². The predicted octanol–water partition coefficient (Wildman–Crippen LogP) is 4.35. The van der Waals surface area contributed by atoms with Crippen LogP contribution in [0, 0.1) is 11.3 Å². The summed E-state index contributed by atoms with van der Waals surface area (Å²) in [7, 11) is 0. The molecule has 0 aliphatic carbocycles. The molecule has 45 heavy (non-hydrogen) atoms. The van der Waals surface area contributed by atoms with Crippen LogP contribution in [0.4, 0.5) is 5.82 Å². The molecular weight excluding hydrogens is 564 g/mol. The summed E-state index contributed by atoms with van der Waals surface area (Å²) >= 11 is 0. The lowest BCUT2D eigenvalue weighted by atomic mass is 10.1. The van der Waals surface area contributed by atoms with Gasteiger partial charge in [-0.2, -0.15) is 5.26 Å². The number of hydrogen-bond donors (Lipinski definition) is 1. The fourth-order valence-corrected chi connectivity index (χ4v) is 5.57. The molecule has 6 aromatic rings. The van der Waals surface area contributed by atoms with Crippen LogP contribution in [0.2, 0.25) is 0 Å². The van der Waals surface area contributed by atoms with E-state index >= 15 is 0 Å². The third-order valence-electron chi connectivity index (χ3n) is 7.89. The minimum Gasteiger partial charge on any atom is -0.383 e. The third kappa shape index (κ3) is 5.58. The lowest BCUT2D eigenvalue weighted by Gasteiger charge is -2.34. The van der Waals surface area contributed by atoms with E-state index in [1.54, 1.807) is 17.2 Å². The Labute approximate surface area is 259 Å². The molecule has 2 N–H and O–H groups in total. The summed E-state index contributed by atoms with van der Waals surface area (Å²) < 4.78 is 2.04. The second-order valence-electron chi connectivity index (χ2n) is 10.7. The smallest absolute Gasteiger partial charge is 0.272 e. The number of nitriles is 1. The molecule has 1 aliphatic heterocycles. The van der Waals surface area contributed by atoms with Crippen LogP contribution in [-0.2, 0) is 6.54 Å². The number of carbonyl (C=O) groups is 1. The van der Waals surface area contributed by atoms with Crippen LogP contribution in [0.15, 0.2) is 97.3 Å². The molecule has 0 bridgehead atoms. The van der Waals surface area contributed by atoms with Gasteiger partial charge in [-0.25, -0.2) is 24.9 Å². The molecule has 11 heteroatoms. The molecule has 7 rings (SSSR count). The van der Waals surface area contributed by atoms with Crippen molar-refractivity contribution in [2.45, 2.75) is 6.54 Å². The summed E-state index contributed by atoms with van der Waals surface area (Å²) in [6.45, 7) is 3.36. The monoisotopic (exact) mass is 592 g/mol. The first-order chi connectivity index (χ1) is 22.1. The maximum Gasteiger partial charge on any atom is 0.272 e. The molecule has 0 saturated carbocycles. The lowest BCUT2D eigenvalue weighted by Crippen LogP contribution is -2.48. The number of amides is 1. The van der Waals surface area contributed by atoms with Crippen molar-refractivity contribution < 1.29 is 4.79 Å². The van der Waals surface area contributed by atoms with Gasteiger partial charge in [0.2, 0.25) is 5.82 Å². The zero-order chi connectivity index (χ0) is 30.8. The van der Waals surface area contributed by atoms with Crippen molar-refractivity contribution >= 4 is 22.9 Å². The highest BCUT2D eigenvalue weighted by Crippen LogP contribution is 2.32. The number of benzene rings is 2. The Morgan fingerprint density at radius 3 is 2.38 bits per heavy atom. The summed E-state index contributed by atoms with van der Waals surface area (Å²) in [5.41, 5.74) is 12.7. The SMILES string of the molecule is N#Cc1nccc(C(=O)N2CCN(Cc3ccc(-n4c(-c5cccnc5N)nc5ccc(-c6ccccc6)nc54)cc3)CC2)n1. The van der Waals surface area contributed by atoms with Gasteiger partial charge in [0, 0.05) is 56.4 Å². The summed E-state index contributed by atoms with van der Waals surface area (Å²) in [4.78, 5) is 39.2. The fraction of sp³-hybridized carbons (Fsp3) is 0.147. The number of pyridine rings is 2. The molecule has 4 aromatic heterocycles. The van der Waals surface area contributed by atoms with E-state index in [9.17, 15) is 4.79 Å². The van der Waals surface area contributed by atoms with Gasteiger partial charge in [-0.1, -0.05) is 42.5 Å². The van der Waals surface area contributed by atoms with Crippen molar-refractivity contribution in [3.8, 4) is 34.4 Å². The number of imidazole rings is 1. The minimum atomic E-state index is -0.181. The van der Waals surface area contributed by atoms with Gasteiger partial charge in [0.1, 0.15) is 23.1 Å². The van der Waals surface area contributed by atoms with Crippen molar-refractivity contribution in [1.29, 1.82) is 5.26 Å². The number of nitrogens with zero attached hydrogens (tertiary/aromatic N) is 9. The number of anilines is 1. The normalized spacial score (nSPS) is 13.5. The fourth-order valence-electron chi connectivity index (χ4n) is 5.57. The van der Waals surface area contributed by atoms with Gasteiger partial charge in [-0.05, 0) is 48.0 Å². The van der Waals surface area contributed by atoms with Crippen molar-refractivity contribution in [3.63, 3.8) is 0 Å². The molecule has 5 heterocycles. The zero-order valence-electron chi connectivity index (χ0n) is 24.3. The Bertz CT molecular complexity index is 2040. The topological polar surface area (TPSA) is 143 Å². The van der Waals surface area contributed by atoms with Gasteiger partial charge < -0.3 is 10.6 Å². The number of hydrogen-bond acceptors (Lipinski definition) is 9. The van der Waals surface area contributed by atoms with E-state index in [1.807, 2.05) is 65.2 Å². The quantitative estimate of drug-likeness (QED) is 0.299. The van der Waals surface area contributed by atoms with Crippen LogP contribution < -0.4 is 5.73 Å². The summed E-state index contributed by atoms with van der Waals surface area (Å²) in [5.74, 6) is 0.888. The summed E-state index contributed by atoms with van der Waals surface area (Å²) in [6, 6.07) is 29.6. The molecule has 0 unspecified atom stereocenters. The molecule has 0 spiro atoms. The highest BCUT2D eigenvalue weighted by molar-refractivity contribution is 5.92. The van der Waals surface area contributed by atoms with E-state index in [1.165, 1.54) is 6.20 Å². The maximum absolute atomic E-state index is 12.9. The molecule has 2 aromatic carbocycles. The highest BCUT2D eigenvalue weighted by atomic mass is 16.2. The predicted molar refractivity (Wildman–Crippen MR) is 170 cm³/mol. The lowest BCUT2D eigenvalue weighted by molar-refractivity contribution is 0.0622. The summed E-state index contributed by atoms with van der Waals surface area (Å²) in [6.07, 6.45) is 3.11. The van der Waals surface area contributed by atoms with E-state index in [0.29, 0.717) is 24.7 Å². The Balaban J connectivity index is 1.13. The highest BCUT2D eigenvalue weighted by Gasteiger charge is 2.24. The Morgan fingerprint density at radius 2 is 1.62 bits per heavy atom. The molecule has 0 radical (unpaired) electrons. The van der Waals surface area contributed by atoms with Crippen LogP contribution in [-0.4, -0.2) is 71.4 Å². The summed E-state index contributed by atoms with van der Waals surface area (Å²) in [5, 5.41) is 9.06. The zero-order valence-corrected chi connectivity index (χ0v) is 24.3. The van der Waals surface area contributed by atoms with E-state index in [4.69, 9.17) is 21.0 Å². The van der Waals surface area contributed by atoms with Gasteiger partial charge >= 0.3 is 0 Å². The number of aromatic nitrogens is 6. The first-order valence-electron chi connectivity index (χ1n) is 14.6. The largest absolute Gasteiger partial charge is 0.383 e. The van der Waals surface area contributed by atoms with Crippen molar-refractivity contribution in [3.05, 3.63) is 114 Å². The van der Waals surface area contributed by atoms with Crippen LogP contribution >= 0.6 is 0 Å². The standard InChI is InChI=1S/C34H28N10O/c35-21-30-37-16-14-29(39-30)34(45)43-19-17-42(18-20-43)22-23-8-10-25(11-9-23)44-32(26-7-4-15-38-31(26)36)41-28-13-12-27(40-33(28)44)24-5-2-1-3-6-24/h1-16H,17-20,22H2,(H2,36,38). The van der Waals surface area contributed by atoms with Gasteiger partial charge in [0.15, 0.2) is 11.5 Å². The molecule has 1 fully saturated rings. The molecule has 1 amide bonds. The van der Waals surface area contributed by atoms with Crippen molar-refractivity contribution in [2.24, 2.45) is 0 Å². The average Bonchev–Trinajstić information content (AvgIpc) is 3.48. The number of rotatable bonds is 6. The van der Waals surface area contributed by atoms with Gasteiger partial charge in [0.25, 0.3) is 5.91 Å². The Morgan fingerprint density at radius 1 is 0.822 bits per heavy atom. The van der Waals surface area contributed by atoms with E-state index in [0.717, 1.165) is 58.9 Å². The van der Waals surface area contributed by atoms with E-state index in [-0.39, 0.29) is 17.4 Å². The van der Waals surface area contributed by atoms with Gasteiger partial charge in [-0.15, -0.1) is 0 Å². The number of carbonyl (C=O) groups excluding carboxylic acids is 1. The minimum absolute atomic E-state index is 0.00457. The van der Waals surface area contributed by atoms with Crippen molar-refractivity contribution in [2.75, 3.05) is 31.9 Å². The van der Waals surface area contributed by atoms with Crippen LogP contribution in [0.1, 0.15) is 21.9 Å². The number of piperazine rings is 1.